The summed E-state index contributed by atoms with van der Waals surface area (Å²) in [6.45, 7) is 4.92. The number of amides is 1. The molecule has 0 saturated heterocycles. The molecule has 0 aliphatic rings. The third-order valence-electron chi connectivity index (χ3n) is 11.7. The summed E-state index contributed by atoms with van der Waals surface area (Å²) in [7, 11) is 0. The number of nitrogens with one attached hydrogen (secondary N) is 1. The zero-order valence-corrected chi connectivity index (χ0v) is 37.2. The Hall–Kier alpha value is -1.14. The summed E-state index contributed by atoms with van der Waals surface area (Å²) in [5.41, 5.74) is 0. The van der Waals surface area contributed by atoms with Gasteiger partial charge >= 0.3 is 5.97 Å². The van der Waals surface area contributed by atoms with Crippen molar-refractivity contribution in [1.82, 2.24) is 5.32 Å². The average Bonchev–Trinajstić information content (AvgIpc) is 3.18. The van der Waals surface area contributed by atoms with Gasteiger partial charge in [0.15, 0.2) is 0 Å². The zero-order chi connectivity index (χ0) is 40.1. The molecule has 1 amide bonds. The molecule has 2 unspecified atom stereocenters. The minimum absolute atomic E-state index is 0.0116. The molecule has 328 valence electrons. The molecule has 0 aromatic heterocycles. The Bertz CT molecular complexity index is 776. The molecule has 0 heterocycles. The molecule has 3 N–H and O–H groups in total. The maximum Gasteiger partial charge on any atom is 0.305 e. The molecule has 6 heteroatoms. The van der Waals surface area contributed by atoms with Gasteiger partial charge in [0, 0.05) is 12.8 Å². The van der Waals surface area contributed by atoms with Gasteiger partial charge < -0.3 is 20.3 Å². The maximum atomic E-state index is 12.4. The summed E-state index contributed by atoms with van der Waals surface area (Å²) in [5, 5.41) is 23.2. The number of unbranched alkanes of at least 4 members (excludes halogenated alkanes) is 35. The van der Waals surface area contributed by atoms with Crippen molar-refractivity contribution in [3.8, 4) is 0 Å². The molecule has 0 fully saturated rings. The van der Waals surface area contributed by atoms with Crippen LogP contribution in [0, 0.1) is 0 Å². The van der Waals surface area contributed by atoms with Crippen molar-refractivity contribution >= 4 is 11.9 Å². The number of carbonyl (C=O) groups is 2. The minimum atomic E-state index is -0.674. The molecule has 0 aromatic rings. The van der Waals surface area contributed by atoms with E-state index in [-0.39, 0.29) is 18.5 Å². The summed E-state index contributed by atoms with van der Waals surface area (Å²) < 4.78 is 5.45. The zero-order valence-electron chi connectivity index (χ0n) is 37.2. The van der Waals surface area contributed by atoms with Crippen LogP contribution in [0.3, 0.4) is 0 Å². The Morgan fingerprint density at radius 1 is 0.436 bits per heavy atom. The van der Waals surface area contributed by atoms with Gasteiger partial charge in [0.25, 0.3) is 0 Å². The Balaban J connectivity index is 3.46. The number of ether oxygens (including phenoxy) is 1. The fourth-order valence-electron chi connectivity index (χ4n) is 7.82. The van der Waals surface area contributed by atoms with Crippen molar-refractivity contribution in [2.75, 3.05) is 13.2 Å². The number of hydrogen-bond acceptors (Lipinski definition) is 5. The van der Waals surface area contributed by atoms with Gasteiger partial charge in [0.1, 0.15) is 0 Å². The van der Waals surface area contributed by atoms with Gasteiger partial charge in [-0.2, -0.15) is 0 Å². The first-order valence-electron chi connectivity index (χ1n) is 24.8. The van der Waals surface area contributed by atoms with Crippen LogP contribution in [0.1, 0.15) is 277 Å². The molecule has 2 atom stereocenters. The second kappa shape index (κ2) is 45.6. The number of hydrogen-bond donors (Lipinski definition) is 3. The molecule has 55 heavy (non-hydrogen) atoms. The summed E-state index contributed by atoms with van der Waals surface area (Å²) in [4.78, 5) is 24.4. The fraction of sp³-hybridized carbons (Fsp3) is 0.959. The minimum Gasteiger partial charge on any atom is -0.466 e. The summed E-state index contributed by atoms with van der Waals surface area (Å²) >= 11 is 0. The Morgan fingerprint density at radius 3 is 1.11 bits per heavy atom. The van der Waals surface area contributed by atoms with Crippen LogP contribution in [-0.4, -0.2) is 47.4 Å². The van der Waals surface area contributed by atoms with Crippen LogP contribution >= 0.6 is 0 Å². The fourth-order valence-corrected chi connectivity index (χ4v) is 7.82. The van der Waals surface area contributed by atoms with Crippen LogP contribution < -0.4 is 5.32 Å². The van der Waals surface area contributed by atoms with Gasteiger partial charge in [-0.3, -0.25) is 9.59 Å². The Morgan fingerprint density at radius 2 is 0.745 bits per heavy atom. The maximum absolute atomic E-state index is 12.4. The van der Waals surface area contributed by atoms with Crippen molar-refractivity contribution in [2.45, 2.75) is 289 Å². The normalized spacial score (nSPS) is 12.6. The first-order chi connectivity index (χ1) is 27.0. The molecule has 0 aromatic carbocycles. The topological polar surface area (TPSA) is 95.9 Å². The van der Waals surface area contributed by atoms with Gasteiger partial charge in [0.2, 0.25) is 5.91 Å². The van der Waals surface area contributed by atoms with Crippen molar-refractivity contribution in [3.63, 3.8) is 0 Å². The lowest BCUT2D eigenvalue weighted by molar-refractivity contribution is -0.143. The second-order valence-corrected chi connectivity index (χ2v) is 17.2. The largest absolute Gasteiger partial charge is 0.466 e. The van der Waals surface area contributed by atoms with Crippen LogP contribution in [0.5, 0.6) is 0 Å². The lowest BCUT2D eigenvalue weighted by atomic mass is 10.0. The third kappa shape index (κ3) is 42.3. The van der Waals surface area contributed by atoms with Gasteiger partial charge in [-0.15, -0.1) is 0 Å². The van der Waals surface area contributed by atoms with E-state index in [0.717, 1.165) is 57.8 Å². The number of carbonyl (C=O) groups excluding carboxylic acids is 2. The number of rotatable bonds is 46. The molecule has 0 aliphatic heterocycles. The van der Waals surface area contributed by atoms with E-state index in [0.29, 0.717) is 25.9 Å². The van der Waals surface area contributed by atoms with E-state index in [9.17, 15) is 19.8 Å². The van der Waals surface area contributed by atoms with Crippen LogP contribution in [0.2, 0.25) is 0 Å². The van der Waals surface area contributed by atoms with E-state index in [1.807, 2.05) is 0 Å². The summed E-state index contributed by atoms with van der Waals surface area (Å²) in [6, 6.07) is -0.553. The van der Waals surface area contributed by atoms with E-state index in [1.165, 1.54) is 186 Å². The molecule has 0 saturated carbocycles. The van der Waals surface area contributed by atoms with Gasteiger partial charge in [-0.05, 0) is 25.7 Å². The predicted octanol–water partition coefficient (Wildman–Crippen LogP) is 14.4. The van der Waals surface area contributed by atoms with Gasteiger partial charge in [-0.25, -0.2) is 0 Å². The molecule has 0 spiro atoms. The standard InChI is InChI=1S/C49H97NO5/c1-3-5-7-9-11-13-15-17-19-21-25-29-33-37-41-47(52)46(45-51)50-48(53)42-38-34-30-26-22-20-24-28-32-36-40-44-55-49(54)43-39-35-31-27-23-18-16-14-12-10-8-6-4-2/h46-47,51-52H,3-45H2,1-2H3,(H,50,53). The summed E-state index contributed by atoms with van der Waals surface area (Å²) in [6.07, 6.45) is 49.1. The van der Waals surface area contributed by atoms with Gasteiger partial charge in [-0.1, -0.05) is 239 Å². The molecule has 0 radical (unpaired) electrons. The number of esters is 1. The lowest BCUT2D eigenvalue weighted by Crippen LogP contribution is -2.45. The van der Waals surface area contributed by atoms with E-state index in [2.05, 4.69) is 19.2 Å². The van der Waals surface area contributed by atoms with E-state index >= 15 is 0 Å². The number of aliphatic hydroxyl groups is 2. The average molecular weight is 780 g/mol. The monoisotopic (exact) mass is 780 g/mol. The van der Waals surface area contributed by atoms with Crippen LogP contribution in [0.15, 0.2) is 0 Å². The second-order valence-electron chi connectivity index (χ2n) is 17.2. The van der Waals surface area contributed by atoms with E-state index < -0.39 is 12.1 Å². The van der Waals surface area contributed by atoms with E-state index in [1.54, 1.807) is 0 Å². The third-order valence-corrected chi connectivity index (χ3v) is 11.7. The highest BCUT2D eigenvalue weighted by Crippen LogP contribution is 2.17. The number of aliphatic hydroxyl groups excluding tert-OH is 2. The predicted molar refractivity (Wildman–Crippen MR) is 237 cm³/mol. The molecule has 0 bridgehead atoms. The highest BCUT2D eigenvalue weighted by atomic mass is 16.5. The van der Waals surface area contributed by atoms with Crippen LogP contribution in [-0.2, 0) is 14.3 Å². The molecular weight excluding hydrogens is 683 g/mol. The van der Waals surface area contributed by atoms with Gasteiger partial charge in [0.05, 0.1) is 25.4 Å². The van der Waals surface area contributed by atoms with Crippen molar-refractivity contribution in [2.24, 2.45) is 0 Å². The molecule has 6 nitrogen and oxygen atoms in total. The van der Waals surface area contributed by atoms with Crippen molar-refractivity contribution in [3.05, 3.63) is 0 Å². The molecule has 0 aliphatic carbocycles. The van der Waals surface area contributed by atoms with Crippen molar-refractivity contribution in [1.29, 1.82) is 0 Å². The summed E-state index contributed by atoms with van der Waals surface area (Å²) in [5.74, 6) is -0.0638. The molecular formula is C49H97NO5. The quantitative estimate of drug-likeness (QED) is 0.0422. The van der Waals surface area contributed by atoms with Crippen molar-refractivity contribution < 1.29 is 24.5 Å². The first-order valence-corrected chi connectivity index (χ1v) is 24.8. The lowest BCUT2D eigenvalue weighted by Gasteiger charge is -2.22. The Labute approximate surface area is 343 Å². The first kappa shape index (κ1) is 53.9. The highest BCUT2D eigenvalue weighted by molar-refractivity contribution is 5.76. The molecule has 0 rings (SSSR count). The Kier molecular flexibility index (Phi) is 44.6. The smallest absolute Gasteiger partial charge is 0.305 e. The SMILES string of the molecule is CCCCCCCCCCCCCCCCC(O)C(CO)NC(=O)CCCCCCCCCCCCCOC(=O)CCCCCCCCCCCCCCC. The van der Waals surface area contributed by atoms with E-state index in [4.69, 9.17) is 4.74 Å². The van der Waals surface area contributed by atoms with Crippen LogP contribution in [0.25, 0.3) is 0 Å². The highest BCUT2D eigenvalue weighted by Gasteiger charge is 2.20. The van der Waals surface area contributed by atoms with Crippen LogP contribution in [0.4, 0.5) is 0 Å².